The molecule has 150 valence electrons. The molecule has 2 unspecified atom stereocenters. The van der Waals surface area contributed by atoms with Gasteiger partial charge in [0.1, 0.15) is 5.82 Å². The maximum Gasteiger partial charge on any atom is 0.227 e. The van der Waals surface area contributed by atoms with Crippen LogP contribution >= 0.6 is 0 Å². The molecule has 0 radical (unpaired) electrons. The summed E-state index contributed by atoms with van der Waals surface area (Å²) in [4.78, 5) is 19.7. The second kappa shape index (κ2) is 9.62. The minimum Gasteiger partial charge on any atom is -0.396 e. The second-order valence-corrected chi connectivity index (χ2v) is 7.96. The Morgan fingerprint density at radius 2 is 1.85 bits per heavy atom. The fourth-order valence-electron chi connectivity index (χ4n) is 4.41. The Balaban J connectivity index is 1.60. The third-order valence-electron chi connectivity index (χ3n) is 6.06. The summed E-state index contributed by atoms with van der Waals surface area (Å²) < 4.78 is 13.1. The molecule has 3 rings (SSSR count). The Bertz CT molecular complexity index is 602. The maximum atomic E-state index is 13.1. The Labute approximate surface area is 161 Å². The molecule has 2 heterocycles. The van der Waals surface area contributed by atoms with Crippen molar-refractivity contribution in [2.24, 2.45) is 5.92 Å². The molecule has 1 amide bonds. The number of carbonyl (C=O) groups is 1. The number of nitrogens with zero attached hydrogens (tertiary/aromatic N) is 3. The number of likely N-dealkylation sites (N-methyl/N-ethyl adjacent to an activating group) is 1. The first-order chi connectivity index (χ1) is 13.1. The number of aliphatic hydroxyl groups excluding tert-OH is 1. The lowest BCUT2D eigenvalue weighted by Gasteiger charge is -2.46. The molecule has 1 aromatic carbocycles. The summed E-state index contributed by atoms with van der Waals surface area (Å²) in [6.07, 6.45) is 3.06. The van der Waals surface area contributed by atoms with Crippen LogP contribution in [0.1, 0.15) is 24.8 Å². The highest BCUT2D eigenvalue weighted by atomic mass is 19.1. The topological polar surface area (TPSA) is 47.0 Å². The van der Waals surface area contributed by atoms with Crippen molar-refractivity contribution in [1.29, 1.82) is 0 Å². The van der Waals surface area contributed by atoms with Gasteiger partial charge in [0.2, 0.25) is 5.91 Å². The first-order valence-electron chi connectivity index (χ1n) is 10.1. The van der Waals surface area contributed by atoms with Crippen molar-refractivity contribution >= 4 is 5.91 Å². The number of aliphatic hydroxyl groups is 1. The van der Waals surface area contributed by atoms with Gasteiger partial charge < -0.3 is 14.9 Å². The number of piperidine rings is 1. The van der Waals surface area contributed by atoms with E-state index in [1.807, 2.05) is 4.90 Å². The van der Waals surface area contributed by atoms with Gasteiger partial charge in [-0.1, -0.05) is 12.1 Å². The average Bonchev–Trinajstić information content (AvgIpc) is 2.68. The van der Waals surface area contributed by atoms with Gasteiger partial charge >= 0.3 is 0 Å². The predicted octanol–water partition coefficient (Wildman–Crippen LogP) is 1.61. The first kappa shape index (κ1) is 20.2. The lowest BCUT2D eigenvalue weighted by molar-refractivity contribution is -0.133. The third kappa shape index (κ3) is 5.50. The van der Waals surface area contributed by atoms with Crippen LogP contribution in [0.15, 0.2) is 24.3 Å². The molecule has 27 heavy (non-hydrogen) atoms. The molecule has 2 aliphatic rings. The van der Waals surface area contributed by atoms with E-state index in [0.29, 0.717) is 18.4 Å². The largest absolute Gasteiger partial charge is 0.396 e. The summed E-state index contributed by atoms with van der Waals surface area (Å²) in [5, 5.41) is 9.29. The van der Waals surface area contributed by atoms with E-state index in [1.54, 1.807) is 12.1 Å². The monoisotopic (exact) mass is 377 g/mol. The van der Waals surface area contributed by atoms with E-state index in [-0.39, 0.29) is 18.3 Å². The molecule has 2 aliphatic heterocycles. The van der Waals surface area contributed by atoms with Gasteiger partial charge in [0.05, 0.1) is 6.42 Å². The Morgan fingerprint density at radius 1 is 1.15 bits per heavy atom. The zero-order chi connectivity index (χ0) is 19.2. The van der Waals surface area contributed by atoms with E-state index in [9.17, 15) is 14.3 Å². The van der Waals surface area contributed by atoms with Gasteiger partial charge in [0.15, 0.2) is 0 Å². The summed E-state index contributed by atoms with van der Waals surface area (Å²) in [6.45, 7) is 6.10. The first-order valence-corrected chi connectivity index (χ1v) is 10.1. The molecule has 2 atom stereocenters. The summed E-state index contributed by atoms with van der Waals surface area (Å²) in [6, 6.07) is 6.69. The molecule has 0 spiro atoms. The van der Waals surface area contributed by atoms with Crippen LogP contribution in [0.5, 0.6) is 0 Å². The third-order valence-corrected chi connectivity index (χ3v) is 6.06. The zero-order valence-corrected chi connectivity index (χ0v) is 16.3. The molecule has 0 saturated carbocycles. The van der Waals surface area contributed by atoms with Crippen molar-refractivity contribution in [2.75, 3.05) is 52.9 Å². The highest BCUT2D eigenvalue weighted by Gasteiger charge is 2.35. The molecule has 0 aromatic heterocycles. The van der Waals surface area contributed by atoms with Gasteiger partial charge in [0, 0.05) is 51.9 Å². The molecule has 1 aromatic rings. The maximum absolute atomic E-state index is 13.1. The van der Waals surface area contributed by atoms with Gasteiger partial charge in [-0.3, -0.25) is 9.69 Å². The molecule has 1 N–H and O–H groups in total. The lowest BCUT2D eigenvalue weighted by Crippen LogP contribution is -2.57. The van der Waals surface area contributed by atoms with Gasteiger partial charge in [0.25, 0.3) is 0 Å². The van der Waals surface area contributed by atoms with Crippen LogP contribution in [-0.2, 0) is 11.2 Å². The van der Waals surface area contributed by atoms with Crippen LogP contribution in [0.2, 0.25) is 0 Å². The molecule has 0 bridgehead atoms. The Hall–Kier alpha value is -1.50. The number of halogens is 1. The lowest BCUT2D eigenvalue weighted by atomic mass is 9.86. The van der Waals surface area contributed by atoms with E-state index < -0.39 is 0 Å². The van der Waals surface area contributed by atoms with Crippen LogP contribution in [0.4, 0.5) is 4.39 Å². The van der Waals surface area contributed by atoms with Crippen molar-refractivity contribution in [3.05, 3.63) is 35.6 Å². The number of piperazine rings is 1. The van der Waals surface area contributed by atoms with Crippen molar-refractivity contribution in [3.63, 3.8) is 0 Å². The Morgan fingerprint density at radius 3 is 2.52 bits per heavy atom. The van der Waals surface area contributed by atoms with E-state index in [4.69, 9.17) is 0 Å². The van der Waals surface area contributed by atoms with E-state index in [1.165, 1.54) is 12.1 Å². The fraction of sp³-hybridized carbons (Fsp3) is 0.667. The number of hydrogen-bond donors (Lipinski definition) is 1. The minimum atomic E-state index is -0.275. The van der Waals surface area contributed by atoms with E-state index in [0.717, 1.165) is 64.1 Å². The standard InChI is InChI=1S/C21H32FN3O2/c1-23-10-12-24(13-11-23)20-8-9-25(16-18(20)3-2-14-26)21(27)15-17-4-6-19(22)7-5-17/h4-7,18,20,26H,2-3,8-16H2,1H3. The molecular weight excluding hydrogens is 345 g/mol. The van der Waals surface area contributed by atoms with Gasteiger partial charge in [-0.15, -0.1) is 0 Å². The number of likely N-dealkylation sites (tertiary alicyclic amines) is 1. The summed E-state index contributed by atoms with van der Waals surface area (Å²) in [5.41, 5.74) is 0.856. The second-order valence-electron chi connectivity index (χ2n) is 7.96. The summed E-state index contributed by atoms with van der Waals surface area (Å²) >= 11 is 0. The normalized spacial score (nSPS) is 24.9. The molecule has 0 aliphatic carbocycles. The number of rotatable bonds is 6. The molecule has 5 nitrogen and oxygen atoms in total. The number of benzene rings is 1. The predicted molar refractivity (Wildman–Crippen MR) is 104 cm³/mol. The molecular formula is C21H32FN3O2. The molecule has 2 saturated heterocycles. The molecule has 2 fully saturated rings. The van der Waals surface area contributed by atoms with Crippen molar-refractivity contribution < 1.29 is 14.3 Å². The van der Waals surface area contributed by atoms with Crippen molar-refractivity contribution in [2.45, 2.75) is 31.7 Å². The SMILES string of the molecule is CN1CCN(C2CCN(C(=O)Cc3ccc(F)cc3)CC2CCCO)CC1. The highest BCUT2D eigenvalue weighted by Crippen LogP contribution is 2.27. The quantitative estimate of drug-likeness (QED) is 0.818. The zero-order valence-electron chi connectivity index (χ0n) is 16.3. The van der Waals surface area contributed by atoms with Crippen LogP contribution in [0.3, 0.4) is 0 Å². The summed E-state index contributed by atoms with van der Waals surface area (Å²) in [7, 11) is 2.16. The minimum absolute atomic E-state index is 0.118. The van der Waals surface area contributed by atoms with Crippen molar-refractivity contribution in [3.8, 4) is 0 Å². The van der Waals surface area contributed by atoms with Crippen LogP contribution < -0.4 is 0 Å². The molecule has 6 heteroatoms. The van der Waals surface area contributed by atoms with E-state index in [2.05, 4.69) is 16.8 Å². The van der Waals surface area contributed by atoms with Crippen molar-refractivity contribution in [1.82, 2.24) is 14.7 Å². The summed E-state index contributed by atoms with van der Waals surface area (Å²) in [5.74, 6) is 0.252. The number of amides is 1. The van der Waals surface area contributed by atoms with E-state index >= 15 is 0 Å². The number of carbonyl (C=O) groups excluding carboxylic acids is 1. The van der Waals surface area contributed by atoms with Gasteiger partial charge in [-0.25, -0.2) is 4.39 Å². The highest BCUT2D eigenvalue weighted by molar-refractivity contribution is 5.78. The van der Waals surface area contributed by atoms with Crippen LogP contribution in [-0.4, -0.2) is 84.7 Å². The number of hydrogen-bond acceptors (Lipinski definition) is 4. The fourth-order valence-corrected chi connectivity index (χ4v) is 4.41. The van der Waals surface area contributed by atoms with Gasteiger partial charge in [-0.05, 0) is 49.9 Å². The average molecular weight is 378 g/mol. The van der Waals surface area contributed by atoms with Crippen LogP contribution in [0.25, 0.3) is 0 Å². The van der Waals surface area contributed by atoms with Gasteiger partial charge in [-0.2, -0.15) is 0 Å². The smallest absolute Gasteiger partial charge is 0.227 e. The van der Waals surface area contributed by atoms with Crippen LogP contribution in [0, 0.1) is 11.7 Å². The Kier molecular flexibility index (Phi) is 7.21.